The first-order valence-corrected chi connectivity index (χ1v) is 9.77. The second-order valence-electron chi connectivity index (χ2n) is 7.34. The Hall–Kier alpha value is -4.19. The standard InChI is InChI=1S/C24H17N5O/c30-23-21-22(27-13-26-21)28-24(29-23)25-12-16-11-15-6-2-3-7-17(15)19-10-9-14-5-1-4-8-18(14)20(16)19/h1-11,13H,12H2,(H3,25,26,27,28,29,30). The Morgan fingerprint density at radius 2 is 1.67 bits per heavy atom. The Labute approximate surface area is 170 Å². The first kappa shape index (κ1) is 16.7. The molecule has 2 aromatic heterocycles. The number of fused-ring (bicyclic) bond motifs is 6. The average Bonchev–Trinajstić information content (AvgIpc) is 3.26. The van der Waals surface area contributed by atoms with E-state index in [1.165, 1.54) is 38.6 Å². The van der Waals surface area contributed by atoms with E-state index in [1.54, 1.807) is 0 Å². The average molecular weight is 391 g/mol. The minimum Gasteiger partial charge on any atom is -0.352 e. The lowest BCUT2D eigenvalue weighted by Crippen LogP contribution is -2.13. The number of hydrogen-bond acceptors (Lipinski definition) is 4. The molecule has 4 aromatic carbocycles. The maximum absolute atomic E-state index is 12.2. The molecule has 0 aliphatic heterocycles. The minimum absolute atomic E-state index is 0.242. The number of rotatable bonds is 3. The molecule has 6 nitrogen and oxygen atoms in total. The molecule has 6 rings (SSSR count). The van der Waals surface area contributed by atoms with Gasteiger partial charge in [0.05, 0.1) is 6.33 Å². The fourth-order valence-electron chi connectivity index (χ4n) is 4.21. The van der Waals surface area contributed by atoms with Crippen LogP contribution in [0.4, 0.5) is 5.95 Å². The van der Waals surface area contributed by atoms with E-state index >= 15 is 0 Å². The molecule has 0 bridgehead atoms. The lowest BCUT2D eigenvalue weighted by molar-refractivity contribution is 1.06. The van der Waals surface area contributed by atoms with Crippen molar-refractivity contribution < 1.29 is 0 Å². The zero-order valence-electron chi connectivity index (χ0n) is 15.9. The summed E-state index contributed by atoms with van der Waals surface area (Å²) in [5.74, 6) is 0.404. The van der Waals surface area contributed by atoms with Crippen molar-refractivity contribution in [3.05, 3.63) is 89.0 Å². The van der Waals surface area contributed by atoms with Crippen LogP contribution in [0.15, 0.2) is 77.9 Å². The van der Waals surface area contributed by atoms with Gasteiger partial charge < -0.3 is 10.3 Å². The van der Waals surface area contributed by atoms with E-state index < -0.39 is 0 Å². The quantitative estimate of drug-likeness (QED) is 0.381. The van der Waals surface area contributed by atoms with Crippen molar-refractivity contribution in [3.63, 3.8) is 0 Å². The lowest BCUT2D eigenvalue weighted by Gasteiger charge is -2.14. The molecule has 0 saturated heterocycles. The summed E-state index contributed by atoms with van der Waals surface area (Å²) in [5.41, 5.74) is 1.68. The smallest absolute Gasteiger partial charge is 0.278 e. The van der Waals surface area contributed by atoms with Gasteiger partial charge in [0.2, 0.25) is 5.95 Å². The summed E-state index contributed by atoms with van der Waals surface area (Å²) in [6, 6.07) is 23.4. The Kier molecular flexibility index (Phi) is 3.58. The third kappa shape index (κ3) is 2.54. The van der Waals surface area contributed by atoms with Gasteiger partial charge in [-0.3, -0.25) is 9.78 Å². The number of anilines is 1. The molecule has 144 valence electrons. The van der Waals surface area contributed by atoms with Crippen LogP contribution in [0, 0.1) is 0 Å². The van der Waals surface area contributed by atoms with Gasteiger partial charge in [-0.15, -0.1) is 0 Å². The van der Waals surface area contributed by atoms with Crippen molar-refractivity contribution >= 4 is 49.4 Å². The maximum Gasteiger partial charge on any atom is 0.278 e. The van der Waals surface area contributed by atoms with Crippen LogP contribution in [-0.2, 0) is 6.54 Å². The molecule has 0 spiro atoms. The zero-order chi connectivity index (χ0) is 20.1. The van der Waals surface area contributed by atoms with Crippen molar-refractivity contribution in [2.24, 2.45) is 0 Å². The summed E-state index contributed by atoms with van der Waals surface area (Å²) < 4.78 is 0. The summed E-state index contributed by atoms with van der Waals surface area (Å²) in [7, 11) is 0. The molecule has 0 aliphatic rings. The molecule has 30 heavy (non-hydrogen) atoms. The third-order valence-electron chi connectivity index (χ3n) is 5.57. The van der Waals surface area contributed by atoms with E-state index in [0.717, 1.165) is 5.56 Å². The summed E-state index contributed by atoms with van der Waals surface area (Å²) in [6.45, 7) is 0.522. The number of benzene rings is 4. The number of imidazole rings is 1. The van der Waals surface area contributed by atoms with Gasteiger partial charge in [0, 0.05) is 6.54 Å². The second-order valence-corrected chi connectivity index (χ2v) is 7.34. The van der Waals surface area contributed by atoms with Crippen LogP contribution in [-0.4, -0.2) is 19.9 Å². The molecule has 3 N–H and O–H groups in total. The van der Waals surface area contributed by atoms with E-state index in [1.807, 2.05) is 0 Å². The molecule has 6 heteroatoms. The van der Waals surface area contributed by atoms with Crippen molar-refractivity contribution in [1.29, 1.82) is 0 Å². The van der Waals surface area contributed by atoms with Crippen LogP contribution in [0.1, 0.15) is 5.56 Å². The molecule has 0 amide bonds. The largest absolute Gasteiger partial charge is 0.352 e. The summed E-state index contributed by atoms with van der Waals surface area (Å²) in [5, 5.41) is 10.5. The minimum atomic E-state index is -0.242. The van der Waals surface area contributed by atoms with Crippen molar-refractivity contribution in [1.82, 2.24) is 19.9 Å². The Balaban J connectivity index is 1.54. The molecule has 0 saturated carbocycles. The van der Waals surface area contributed by atoms with Gasteiger partial charge in [-0.25, -0.2) is 4.98 Å². The molecular weight excluding hydrogens is 374 g/mol. The fraction of sp³-hybridized carbons (Fsp3) is 0.0417. The highest BCUT2D eigenvalue weighted by Crippen LogP contribution is 2.34. The first-order chi connectivity index (χ1) is 14.8. The van der Waals surface area contributed by atoms with E-state index in [9.17, 15) is 4.79 Å². The van der Waals surface area contributed by atoms with Crippen LogP contribution in [0.5, 0.6) is 0 Å². The number of nitrogens with one attached hydrogen (secondary N) is 3. The zero-order valence-corrected chi connectivity index (χ0v) is 15.9. The summed E-state index contributed by atoms with van der Waals surface area (Å²) in [6.07, 6.45) is 1.47. The van der Waals surface area contributed by atoms with Gasteiger partial charge in [-0.1, -0.05) is 60.7 Å². The predicted octanol–water partition coefficient (Wildman–Crippen LogP) is 4.72. The SMILES string of the molecule is O=c1[nH]c(NCc2cc3ccccc3c3ccc4ccccc4c23)nc2nc[nH]c12. The number of hydrogen-bond donors (Lipinski definition) is 3. The predicted molar refractivity (Wildman–Crippen MR) is 121 cm³/mol. The molecule has 0 aliphatic carbocycles. The first-order valence-electron chi connectivity index (χ1n) is 9.77. The van der Waals surface area contributed by atoms with Crippen LogP contribution >= 0.6 is 0 Å². The van der Waals surface area contributed by atoms with E-state index in [-0.39, 0.29) is 5.56 Å². The molecule has 6 aromatic rings. The summed E-state index contributed by atoms with van der Waals surface area (Å²) >= 11 is 0. The number of aromatic nitrogens is 4. The summed E-state index contributed by atoms with van der Waals surface area (Å²) in [4.78, 5) is 26.3. The van der Waals surface area contributed by atoms with Gasteiger partial charge >= 0.3 is 0 Å². The second kappa shape index (κ2) is 6.42. The van der Waals surface area contributed by atoms with Crippen molar-refractivity contribution in [2.45, 2.75) is 6.54 Å². The molecule has 0 atom stereocenters. The Morgan fingerprint density at radius 3 is 2.57 bits per heavy atom. The highest BCUT2D eigenvalue weighted by Gasteiger charge is 2.11. The van der Waals surface area contributed by atoms with Gasteiger partial charge in [-0.2, -0.15) is 4.98 Å². The molecule has 0 unspecified atom stereocenters. The highest BCUT2D eigenvalue weighted by molar-refractivity contribution is 6.18. The van der Waals surface area contributed by atoms with E-state index in [0.29, 0.717) is 23.7 Å². The number of nitrogens with zero attached hydrogens (tertiary/aromatic N) is 2. The van der Waals surface area contributed by atoms with Gasteiger partial charge in [0.1, 0.15) is 0 Å². The third-order valence-corrected chi connectivity index (χ3v) is 5.57. The lowest BCUT2D eigenvalue weighted by atomic mass is 9.93. The van der Waals surface area contributed by atoms with Crippen LogP contribution in [0.2, 0.25) is 0 Å². The van der Waals surface area contributed by atoms with Crippen molar-refractivity contribution in [3.8, 4) is 0 Å². The number of H-pyrrole nitrogens is 2. The number of aromatic amines is 2. The van der Waals surface area contributed by atoms with Crippen LogP contribution in [0.3, 0.4) is 0 Å². The molecule has 2 heterocycles. The molecule has 0 radical (unpaired) electrons. The van der Waals surface area contributed by atoms with Gasteiger partial charge in [0.25, 0.3) is 5.56 Å². The highest BCUT2D eigenvalue weighted by atomic mass is 16.1. The van der Waals surface area contributed by atoms with Crippen LogP contribution in [0.25, 0.3) is 43.5 Å². The van der Waals surface area contributed by atoms with Gasteiger partial charge in [-0.05, 0) is 43.9 Å². The van der Waals surface area contributed by atoms with Gasteiger partial charge in [0.15, 0.2) is 11.2 Å². The fourth-order valence-corrected chi connectivity index (χ4v) is 4.21. The monoisotopic (exact) mass is 391 g/mol. The molecule has 0 fully saturated rings. The van der Waals surface area contributed by atoms with E-state index in [4.69, 9.17) is 0 Å². The molecular formula is C24H17N5O. The van der Waals surface area contributed by atoms with Crippen molar-refractivity contribution in [2.75, 3.05) is 5.32 Å². The normalized spacial score (nSPS) is 11.6. The Morgan fingerprint density at radius 1 is 0.867 bits per heavy atom. The van der Waals surface area contributed by atoms with Crippen LogP contribution < -0.4 is 10.9 Å². The maximum atomic E-state index is 12.2. The Bertz CT molecular complexity index is 1630. The topological polar surface area (TPSA) is 86.5 Å². The van der Waals surface area contributed by atoms with E-state index in [2.05, 4.69) is 92.0 Å².